The number of rotatable bonds is 2. The molecule has 23 heavy (non-hydrogen) atoms. The summed E-state index contributed by atoms with van der Waals surface area (Å²) in [6, 6.07) is 15.8. The van der Waals surface area contributed by atoms with E-state index in [2.05, 4.69) is 33.4 Å². The Bertz CT molecular complexity index is 718. The van der Waals surface area contributed by atoms with E-state index in [4.69, 9.17) is 0 Å². The normalized spacial score (nSPS) is 18.4. The zero-order valence-corrected chi connectivity index (χ0v) is 15.7. The smallest absolute Gasteiger partial charge is 0.248 e. The maximum absolute atomic E-state index is 12.7. The number of fused-ring (bicyclic) bond motifs is 1. The van der Waals surface area contributed by atoms with Gasteiger partial charge in [0.05, 0.1) is 5.54 Å². The molecule has 1 atom stereocenters. The molecule has 0 bridgehead atoms. The fraction of sp³-hybridized carbons (Fsp3) is 0.278. The van der Waals surface area contributed by atoms with E-state index in [9.17, 15) is 4.79 Å². The van der Waals surface area contributed by atoms with E-state index in [1.165, 1.54) is 0 Å². The number of hydrogen-bond acceptors (Lipinski definition) is 2. The van der Waals surface area contributed by atoms with Gasteiger partial charge in [-0.25, -0.2) is 0 Å². The lowest BCUT2D eigenvalue weighted by Gasteiger charge is -2.41. The zero-order valence-electron chi connectivity index (χ0n) is 13.3. The quantitative estimate of drug-likeness (QED) is 0.816. The second kappa shape index (κ2) is 6.54. The van der Waals surface area contributed by atoms with Gasteiger partial charge in [-0.15, -0.1) is 12.4 Å². The Morgan fingerprint density at radius 1 is 1.13 bits per heavy atom. The van der Waals surface area contributed by atoms with E-state index in [1.54, 1.807) is 0 Å². The van der Waals surface area contributed by atoms with Crippen LogP contribution in [0.15, 0.2) is 53.0 Å². The summed E-state index contributed by atoms with van der Waals surface area (Å²) in [6.07, 6.45) is 0. The lowest BCUT2D eigenvalue weighted by molar-refractivity contribution is -0.125. The third-order valence-corrected chi connectivity index (χ3v) is 4.71. The molecule has 5 heteroatoms. The molecular weight excluding hydrogens is 376 g/mol. The largest absolute Gasteiger partial charge is 0.359 e. The molecule has 3 nitrogen and oxygen atoms in total. The third-order valence-electron chi connectivity index (χ3n) is 4.22. The maximum Gasteiger partial charge on any atom is 0.248 e. The minimum Gasteiger partial charge on any atom is -0.359 e. The Hall–Kier alpha value is -1.52. The van der Waals surface area contributed by atoms with Crippen LogP contribution in [0.2, 0.25) is 0 Å². The minimum atomic E-state index is -0.360. The van der Waals surface area contributed by atoms with Crippen LogP contribution in [0.4, 0.5) is 5.69 Å². The van der Waals surface area contributed by atoms with Crippen LogP contribution in [-0.2, 0) is 10.3 Å². The Balaban J connectivity index is 0.00000192. The zero-order chi connectivity index (χ0) is 15.9. The fourth-order valence-corrected chi connectivity index (χ4v) is 3.49. The molecule has 0 fully saturated rings. The molecule has 3 rings (SSSR count). The number of carbonyl (C=O) groups is 1. The number of halogens is 2. The number of benzene rings is 2. The first-order valence-electron chi connectivity index (χ1n) is 7.30. The molecule has 0 aromatic heterocycles. The molecule has 0 spiro atoms. The summed E-state index contributed by atoms with van der Waals surface area (Å²) in [5.74, 6) is 0.0296. The van der Waals surface area contributed by atoms with Crippen LogP contribution in [0.1, 0.15) is 31.0 Å². The number of para-hydroxylation sites is 1. The van der Waals surface area contributed by atoms with Crippen LogP contribution in [0.25, 0.3) is 0 Å². The van der Waals surface area contributed by atoms with Crippen molar-refractivity contribution in [1.82, 2.24) is 5.32 Å². The summed E-state index contributed by atoms with van der Waals surface area (Å²) >= 11 is 3.53. The van der Waals surface area contributed by atoms with E-state index in [0.29, 0.717) is 0 Å². The maximum atomic E-state index is 12.7. The summed E-state index contributed by atoms with van der Waals surface area (Å²) < 4.78 is 0.989. The van der Waals surface area contributed by atoms with Crippen LogP contribution >= 0.6 is 28.3 Å². The standard InChI is InChI=1S/C18H19BrN2O.ClH/c1-18(2)15-10-9-12(19)11-14(15)16(17(22)20-18)21(3)13-7-5-4-6-8-13;/h4-11,16H,1-3H3,(H,20,22);1H. The van der Waals surface area contributed by atoms with Crippen LogP contribution in [-0.4, -0.2) is 13.0 Å². The predicted molar refractivity (Wildman–Crippen MR) is 100 cm³/mol. The van der Waals surface area contributed by atoms with Gasteiger partial charge in [0.25, 0.3) is 0 Å². The highest BCUT2D eigenvalue weighted by Crippen LogP contribution is 2.38. The number of anilines is 1. The first-order chi connectivity index (χ1) is 10.4. The average molecular weight is 396 g/mol. The summed E-state index contributed by atoms with van der Waals surface area (Å²) in [5, 5.41) is 3.14. The van der Waals surface area contributed by atoms with E-state index in [-0.39, 0.29) is 29.9 Å². The van der Waals surface area contributed by atoms with Crippen molar-refractivity contribution in [3.05, 3.63) is 64.1 Å². The van der Waals surface area contributed by atoms with Crippen LogP contribution in [0.5, 0.6) is 0 Å². The average Bonchev–Trinajstić information content (AvgIpc) is 2.46. The molecule has 1 unspecified atom stereocenters. The number of hydrogen-bond donors (Lipinski definition) is 1. The van der Waals surface area contributed by atoms with Gasteiger partial charge in [0.1, 0.15) is 6.04 Å². The highest BCUT2D eigenvalue weighted by atomic mass is 79.9. The van der Waals surface area contributed by atoms with Gasteiger partial charge in [0, 0.05) is 17.2 Å². The highest BCUT2D eigenvalue weighted by molar-refractivity contribution is 9.10. The summed E-state index contributed by atoms with van der Waals surface area (Å²) in [4.78, 5) is 14.8. The van der Waals surface area contributed by atoms with E-state index >= 15 is 0 Å². The minimum absolute atomic E-state index is 0. The highest BCUT2D eigenvalue weighted by Gasteiger charge is 2.39. The summed E-state index contributed by atoms with van der Waals surface area (Å²) in [5.41, 5.74) is 2.87. The van der Waals surface area contributed by atoms with Gasteiger partial charge >= 0.3 is 0 Å². The van der Waals surface area contributed by atoms with Gasteiger partial charge in [-0.1, -0.05) is 40.2 Å². The number of likely N-dealkylation sites (N-methyl/N-ethyl adjacent to an activating group) is 1. The van der Waals surface area contributed by atoms with Crippen molar-refractivity contribution in [2.45, 2.75) is 25.4 Å². The molecule has 2 aromatic carbocycles. The fourth-order valence-electron chi connectivity index (χ4n) is 3.11. The van der Waals surface area contributed by atoms with Gasteiger partial charge < -0.3 is 10.2 Å². The number of nitrogens with zero attached hydrogens (tertiary/aromatic N) is 1. The first kappa shape index (κ1) is 17.8. The topological polar surface area (TPSA) is 32.3 Å². The third kappa shape index (κ3) is 3.24. The van der Waals surface area contributed by atoms with Gasteiger partial charge in [0.2, 0.25) is 5.91 Å². The molecule has 1 amide bonds. The van der Waals surface area contributed by atoms with Crippen molar-refractivity contribution in [3.8, 4) is 0 Å². The van der Waals surface area contributed by atoms with Crippen molar-refractivity contribution in [2.75, 3.05) is 11.9 Å². The molecule has 122 valence electrons. The predicted octanol–water partition coefficient (Wildman–Crippen LogP) is 4.41. The molecule has 1 N–H and O–H groups in total. The first-order valence-corrected chi connectivity index (χ1v) is 8.09. The molecular formula is C18H20BrClN2O. The second-order valence-corrected chi connectivity index (χ2v) is 7.11. The molecule has 1 heterocycles. The van der Waals surface area contributed by atoms with Gasteiger partial charge in [0.15, 0.2) is 0 Å². The van der Waals surface area contributed by atoms with Gasteiger partial charge in [-0.3, -0.25) is 4.79 Å². The molecule has 1 aliphatic heterocycles. The summed E-state index contributed by atoms with van der Waals surface area (Å²) in [7, 11) is 1.96. The van der Waals surface area contributed by atoms with Crippen LogP contribution in [0.3, 0.4) is 0 Å². The van der Waals surface area contributed by atoms with Gasteiger partial charge in [-0.05, 0) is 49.2 Å². The van der Waals surface area contributed by atoms with Crippen LogP contribution < -0.4 is 10.2 Å². The second-order valence-electron chi connectivity index (χ2n) is 6.19. The molecule has 0 saturated carbocycles. The Kier molecular flexibility index (Phi) is 5.07. The monoisotopic (exact) mass is 394 g/mol. The van der Waals surface area contributed by atoms with Crippen molar-refractivity contribution >= 4 is 39.9 Å². The molecule has 0 saturated heterocycles. The Morgan fingerprint density at radius 2 is 1.78 bits per heavy atom. The number of carbonyl (C=O) groups excluding carboxylic acids is 1. The lowest BCUT2D eigenvalue weighted by atomic mass is 9.82. The number of amides is 1. The van der Waals surface area contributed by atoms with Crippen molar-refractivity contribution in [2.24, 2.45) is 0 Å². The molecule has 0 aliphatic carbocycles. The van der Waals surface area contributed by atoms with E-state index in [1.807, 2.05) is 62.2 Å². The number of nitrogens with one attached hydrogen (secondary N) is 1. The Labute approximate surface area is 151 Å². The van der Waals surface area contributed by atoms with Crippen LogP contribution in [0, 0.1) is 0 Å². The molecule has 0 radical (unpaired) electrons. The molecule has 2 aromatic rings. The van der Waals surface area contributed by atoms with Crippen molar-refractivity contribution in [3.63, 3.8) is 0 Å². The lowest BCUT2D eigenvalue weighted by Crippen LogP contribution is -2.52. The van der Waals surface area contributed by atoms with E-state index < -0.39 is 0 Å². The summed E-state index contributed by atoms with van der Waals surface area (Å²) in [6.45, 7) is 4.08. The molecule has 1 aliphatic rings. The van der Waals surface area contributed by atoms with E-state index in [0.717, 1.165) is 21.3 Å². The SMILES string of the molecule is CN(c1ccccc1)C1C(=O)NC(C)(C)c2ccc(Br)cc21.Cl. The van der Waals surface area contributed by atoms with Crippen molar-refractivity contribution in [1.29, 1.82) is 0 Å². The van der Waals surface area contributed by atoms with Crippen molar-refractivity contribution < 1.29 is 4.79 Å². The van der Waals surface area contributed by atoms with Gasteiger partial charge in [-0.2, -0.15) is 0 Å². The Morgan fingerprint density at radius 3 is 2.43 bits per heavy atom.